The van der Waals surface area contributed by atoms with Crippen LogP contribution in [0.5, 0.6) is 0 Å². The Morgan fingerprint density at radius 2 is 1.51 bits per heavy atom. The van der Waals surface area contributed by atoms with Gasteiger partial charge in [-0.2, -0.15) is 0 Å². The number of hydrogen-bond donors (Lipinski definition) is 2. The van der Waals surface area contributed by atoms with Gasteiger partial charge in [0, 0.05) is 29.9 Å². The molecule has 0 unspecified atom stereocenters. The molecule has 10 atom stereocenters. The predicted molar refractivity (Wildman–Crippen MR) is 177 cm³/mol. The first kappa shape index (κ1) is 34.5. The Morgan fingerprint density at radius 3 is 2.12 bits per heavy atom. The molecular formula is C39H38O12. The third kappa shape index (κ3) is 5.18. The number of allylic oxidation sites excluding steroid dienone is 2. The van der Waals surface area contributed by atoms with Crippen LogP contribution >= 0.6 is 0 Å². The number of ketones is 1. The molecule has 0 radical (unpaired) electrons. The van der Waals surface area contributed by atoms with Gasteiger partial charge < -0.3 is 33.9 Å². The largest absolute Gasteiger partial charge is 0.467 e. The smallest absolute Gasteiger partial charge is 0.348 e. The zero-order chi connectivity index (χ0) is 36.3. The molecular weight excluding hydrogens is 660 g/mol. The van der Waals surface area contributed by atoms with Crippen molar-refractivity contribution in [2.75, 3.05) is 13.7 Å². The molecule has 4 fully saturated rings. The van der Waals surface area contributed by atoms with Crippen LogP contribution in [0.15, 0.2) is 84.1 Å². The van der Waals surface area contributed by atoms with E-state index in [0.717, 1.165) is 18.7 Å². The number of esters is 4. The lowest BCUT2D eigenvalue weighted by atomic mass is 9.38. The van der Waals surface area contributed by atoms with E-state index < -0.39 is 88.3 Å². The third-order valence-corrected chi connectivity index (χ3v) is 11.7. The lowest BCUT2D eigenvalue weighted by Gasteiger charge is -2.67. The maximum Gasteiger partial charge on any atom is 0.348 e. The van der Waals surface area contributed by atoms with Gasteiger partial charge >= 0.3 is 23.9 Å². The normalized spacial score (nSPS) is 36.7. The van der Waals surface area contributed by atoms with E-state index >= 15 is 0 Å². The maximum absolute atomic E-state index is 13.9. The SMILES string of the molecule is COC(=O)[C@@]12OC[C@]34[C@H]([C@@H](O)[C@@H]1O)[C@@]1(C)CC(=O)C(OC(=O)/C=C/c5ccccc5)=C(C)[C@@H]1C[C@H]3OC(=O)[C@H](OC(=O)/C=C/c1ccccc1)[C@@H]24. The van der Waals surface area contributed by atoms with E-state index in [2.05, 4.69) is 0 Å². The molecule has 2 aromatic carbocycles. The molecule has 0 aromatic heterocycles. The van der Waals surface area contributed by atoms with Crippen molar-refractivity contribution in [2.45, 2.75) is 56.7 Å². The van der Waals surface area contributed by atoms with Gasteiger partial charge in [0.05, 0.1) is 25.7 Å². The summed E-state index contributed by atoms with van der Waals surface area (Å²) in [6, 6.07) is 18.0. The minimum Gasteiger partial charge on any atom is -0.467 e. The third-order valence-electron chi connectivity index (χ3n) is 11.7. The number of aliphatic hydroxyl groups is 2. The van der Waals surface area contributed by atoms with Crippen LogP contribution in [-0.2, 0) is 47.7 Å². The van der Waals surface area contributed by atoms with Crippen molar-refractivity contribution in [3.05, 3.63) is 95.3 Å². The van der Waals surface area contributed by atoms with Crippen molar-refractivity contribution in [3.8, 4) is 0 Å². The van der Waals surface area contributed by atoms with Crippen molar-refractivity contribution in [3.63, 3.8) is 0 Å². The van der Waals surface area contributed by atoms with Gasteiger partial charge in [-0.1, -0.05) is 67.6 Å². The Labute approximate surface area is 293 Å². The van der Waals surface area contributed by atoms with Crippen molar-refractivity contribution < 1.29 is 57.9 Å². The molecule has 5 aliphatic rings. The standard InChI is InChI=1S/C39H38O12/c1-21-24-18-26-38-20-48-39(36(46)47-3,33(38)31(35(45)49-26)51-28(42)17-15-23-12-8-5-9-13-23)34(44)29(43)32(38)37(24,2)19-25(40)30(21)50-27(41)16-14-22-10-6-4-7-11-22/h4-17,24,26,29,31-34,43-44H,18-20H2,1-3H3/b16-14+,17-15+/t24-,26+,29+,31+,32+,33+,34-,37-,38+,39-/m0/s1. The molecule has 2 aliphatic heterocycles. The number of hydrogen-bond acceptors (Lipinski definition) is 12. The number of carbonyl (C=O) groups is 5. The Hall–Kier alpha value is -4.91. The second-order valence-electron chi connectivity index (χ2n) is 14.2. The lowest BCUT2D eigenvalue weighted by Crippen LogP contribution is -2.79. The molecule has 2 saturated carbocycles. The Balaban J connectivity index is 1.27. The molecule has 2 aromatic rings. The lowest BCUT2D eigenvalue weighted by molar-refractivity contribution is -0.290. The van der Waals surface area contributed by atoms with E-state index in [9.17, 15) is 34.2 Å². The summed E-state index contributed by atoms with van der Waals surface area (Å²) in [5.41, 5.74) is -2.94. The quantitative estimate of drug-likeness (QED) is 0.247. The first-order valence-corrected chi connectivity index (χ1v) is 16.8. The zero-order valence-electron chi connectivity index (χ0n) is 28.2. The molecule has 12 nitrogen and oxygen atoms in total. The summed E-state index contributed by atoms with van der Waals surface area (Å²) in [6.45, 7) is 3.17. The van der Waals surface area contributed by atoms with Crippen LogP contribution in [0.3, 0.4) is 0 Å². The number of carbonyl (C=O) groups excluding carboxylic acids is 5. The fraction of sp³-hybridized carbons (Fsp3) is 0.410. The van der Waals surface area contributed by atoms with E-state index in [-0.39, 0.29) is 25.2 Å². The van der Waals surface area contributed by atoms with E-state index in [0.29, 0.717) is 11.1 Å². The van der Waals surface area contributed by atoms with E-state index in [1.807, 2.05) is 24.3 Å². The zero-order valence-corrected chi connectivity index (χ0v) is 28.2. The predicted octanol–water partition coefficient (Wildman–Crippen LogP) is 2.96. The monoisotopic (exact) mass is 698 g/mol. The first-order chi connectivity index (χ1) is 24.4. The van der Waals surface area contributed by atoms with Crippen molar-refractivity contribution in [1.29, 1.82) is 0 Å². The van der Waals surface area contributed by atoms with Crippen molar-refractivity contribution in [2.24, 2.45) is 28.6 Å². The van der Waals surface area contributed by atoms with E-state index in [1.54, 1.807) is 56.3 Å². The number of ether oxygens (including phenoxy) is 5. The summed E-state index contributed by atoms with van der Waals surface area (Å²) in [5.74, 6) is -7.25. The van der Waals surface area contributed by atoms with Gasteiger partial charge in [0.2, 0.25) is 11.7 Å². The minimum atomic E-state index is -2.30. The second kappa shape index (κ2) is 12.7. The number of methoxy groups -OCH3 is 1. The molecule has 2 saturated heterocycles. The van der Waals surface area contributed by atoms with Gasteiger partial charge in [0.1, 0.15) is 12.2 Å². The molecule has 1 spiro atoms. The van der Waals surface area contributed by atoms with Gasteiger partial charge in [-0.25, -0.2) is 19.2 Å². The number of Topliss-reactive ketones (excluding diaryl/α,β-unsaturated/α-hetero) is 1. The van der Waals surface area contributed by atoms with Gasteiger partial charge in [0.25, 0.3) is 0 Å². The Kier molecular flexibility index (Phi) is 8.60. The molecule has 266 valence electrons. The van der Waals surface area contributed by atoms with Crippen LogP contribution in [0, 0.1) is 28.6 Å². The minimum absolute atomic E-state index is 0.104. The maximum atomic E-state index is 13.9. The van der Waals surface area contributed by atoms with Gasteiger partial charge in [0.15, 0.2) is 11.5 Å². The molecule has 3 aliphatic carbocycles. The highest BCUT2D eigenvalue weighted by molar-refractivity contribution is 6.00. The number of aliphatic hydroxyl groups excluding tert-OH is 2. The summed E-state index contributed by atoms with van der Waals surface area (Å²) in [7, 11) is 1.09. The summed E-state index contributed by atoms with van der Waals surface area (Å²) < 4.78 is 28.7. The molecule has 2 N–H and O–H groups in total. The fourth-order valence-electron chi connectivity index (χ4n) is 9.74. The van der Waals surface area contributed by atoms with Crippen LogP contribution in [-0.4, -0.2) is 83.6 Å². The van der Waals surface area contributed by atoms with Crippen LogP contribution in [0.4, 0.5) is 0 Å². The van der Waals surface area contributed by atoms with E-state index in [4.69, 9.17) is 23.7 Å². The Morgan fingerprint density at radius 1 is 0.902 bits per heavy atom. The second-order valence-corrected chi connectivity index (χ2v) is 14.2. The Bertz CT molecular complexity index is 1870. The van der Waals surface area contributed by atoms with Crippen molar-refractivity contribution in [1.82, 2.24) is 0 Å². The topological polar surface area (TPSA) is 172 Å². The molecule has 2 heterocycles. The van der Waals surface area contributed by atoms with Crippen LogP contribution in [0.2, 0.25) is 0 Å². The van der Waals surface area contributed by atoms with Gasteiger partial charge in [-0.15, -0.1) is 0 Å². The average molecular weight is 699 g/mol. The molecule has 12 heteroatoms. The van der Waals surface area contributed by atoms with Gasteiger partial charge in [-0.05, 0) is 53.5 Å². The molecule has 7 rings (SSSR count). The highest BCUT2D eigenvalue weighted by Gasteiger charge is 2.85. The molecule has 0 amide bonds. The molecule has 2 bridgehead atoms. The van der Waals surface area contributed by atoms with Gasteiger partial charge in [-0.3, -0.25) is 4.79 Å². The highest BCUT2D eigenvalue weighted by Crippen LogP contribution is 2.72. The number of benzene rings is 2. The summed E-state index contributed by atoms with van der Waals surface area (Å²) in [5, 5.41) is 23.9. The van der Waals surface area contributed by atoms with Crippen LogP contribution in [0.25, 0.3) is 12.2 Å². The van der Waals surface area contributed by atoms with Crippen LogP contribution in [0.1, 0.15) is 37.8 Å². The summed E-state index contributed by atoms with van der Waals surface area (Å²) in [6.07, 6.45) is -1.04. The van der Waals surface area contributed by atoms with Crippen LogP contribution < -0.4 is 0 Å². The van der Waals surface area contributed by atoms with Crippen molar-refractivity contribution >= 4 is 41.8 Å². The highest BCUT2D eigenvalue weighted by atomic mass is 16.6. The first-order valence-electron chi connectivity index (χ1n) is 16.8. The van der Waals surface area contributed by atoms with E-state index in [1.165, 1.54) is 12.2 Å². The molecule has 51 heavy (non-hydrogen) atoms. The average Bonchev–Trinajstić information content (AvgIpc) is 3.43. The number of fused-ring (bicyclic) bond motifs is 2. The summed E-state index contributed by atoms with van der Waals surface area (Å²) >= 11 is 0. The fourth-order valence-corrected chi connectivity index (χ4v) is 9.74. The number of rotatable bonds is 7. The summed E-state index contributed by atoms with van der Waals surface area (Å²) in [4.78, 5) is 67.5.